The second-order valence-electron chi connectivity index (χ2n) is 1.98. The lowest BCUT2D eigenvalue weighted by Gasteiger charge is -1.92. The smallest absolute Gasteiger partial charge is 0.258 e. The quantitative estimate of drug-likeness (QED) is 0.358. The molecule has 0 N–H and O–H groups in total. The highest BCUT2D eigenvalue weighted by molar-refractivity contribution is 5.26. The molecule has 0 fully saturated rings. The van der Waals surface area contributed by atoms with Gasteiger partial charge in [0.25, 0.3) is 5.70 Å². The lowest BCUT2D eigenvalue weighted by Crippen LogP contribution is -1.93. The molecule has 0 aliphatic carbocycles. The second-order valence-corrected chi connectivity index (χ2v) is 1.98. The fraction of sp³-hybridized carbons (Fsp3) is 0.143. The summed E-state index contributed by atoms with van der Waals surface area (Å²) in [6.45, 7) is 7.45. The number of nitrogens with zero attached hydrogens (tertiary/aromatic N) is 1. The van der Waals surface area contributed by atoms with E-state index in [1.165, 1.54) is 6.92 Å². The first-order valence-corrected chi connectivity index (χ1v) is 2.81. The molecule has 4 heteroatoms. The number of rotatable bonds is 3. The van der Waals surface area contributed by atoms with Gasteiger partial charge in [0.2, 0.25) is 0 Å². The average molecular weight is 157 g/mol. The fourth-order valence-corrected chi connectivity index (χ4v) is 0.381. The van der Waals surface area contributed by atoms with Crippen molar-refractivity contribution in [1.29, 1.82) is 0 Å². The molecular formula is C7H8FNO2. The van der Waals surface area contributed by atoms with Crippen LogP contribution in [0.1, 0.15) is 6.92 Å². The van der Waals surface area contributed by atoms with E-state index in [0.717, 1.165) is 6.08 Å². The van der Waals surface area contributed by atoms with Gasteiger partial charge >= 0.3 is 0 Å². The van der Waals surface area contributed by atoms with Crippen LogP contribution < -0.4 is 0 Å². The second kappa shape index (κ2) is 3.65. The third-order valence-corrected chi connectivity index (χ3v) is 1.05. The molecule has 0 bridgehead atoms. The Morgan fingerprint density at radius 2 is 2.09 bits per heavy atom. The van der Waals surface area contributed by atoms with Gasteiger partial charge in [0.15, 0.2) is 0 Å². The van der Waals surface area contributed by atoms with Crippen molar-refractivity contribution in [2.45, 2.75) is 6.92 Å². The normalized spacial score (nSPS) is 10.9. The highest BCUT2D eigenvalue weighted by Crippen LogP contribution is 2.10. The number of hydrogen-bond acceptors (Lipinski definition) is 2. The molecule has 0 rings (SSSR count). The molecule has 0 aromatic rings. The molecule has 0 spiro atoms. The highest BCUT2D eigenvalue weighted by atomic mass is 19.1. The van der Waals surface area contributed by atoms with Crippen LogP contribution in [0.2, 0.25) is 0 Å². The third-order valence-electron chi connectivity index (χ3n) is 1.05. The van der Waals surface area contributed by atoms with E-state index in [9.17, 15) is 14.5 Å². The zero-order valence-electron chi connectivity index (χ0n) is 6.13. The maximum absolute atomic E-state index is 12.2. The predicted octanol–water partition coefficient (Wildman–Crippen LogP) is 2.21. The third kappa shape index (κ3) is 3.30. The van der Waals surface area contributed by atoms with Gasteiger partial charge in [-0.2, -0.15) is 0 Å². The largest absolute Gasteiger partial charge is 0.262 e. The maximum Gasteiger partial charge on any atom is 0.262 e. The fourth-order valence-electron chi connectivity index (χ4n) is 0.381. The zero-order valence-corrected chi connectivity index (χ0v) is 6.13. The predicted molar refractivity (Wildman–Crippen MR) is 40.1 cm³/mol. The van der Waals surface area contributed by atoms with Gasteiger partial charge < -0.3 is 0 Å². The van der Waals surface area contributed by atoms with Gasteiger partial charge in [-0.3, -0.25) is 10.1 Å². The van der Waals surface area contributed by atoms with E-state index >= 15 is 0 Å². The first-order chi connectivity index (χ1) is 4.95. The molecule has 0 radical (unpaired) electrons. The van der Waals surface area contributed by atoms with E-state index in [4.69, 9.17) is 0 Å². The molecule has 0 aromatic carbocycles. The summed E-state index contributed by atoms with van der Waals surface area (Å²) in [5.41, 5.74) is -0.229. The van der Waals surface area contributed by atoms with Crippen LogP contribution >= 0.6 is 0 Å². The molecule has 0 saturated carbocycles. The van der Waals surface area contributed by atoms with Gasteiger partial charge in [-0.15, -0.1) is 0 Å². The Morgan fingerprint density at radius 1 is 1.64 bits per heavy atom. The van der Waals surface area contributed by atoms with Crippen molar-refractivity contribution in [2.24, 2.45) is 0 Å². The molecule has 0 aromatic heterocycles. The number of nitro groups is 1. The van der Waals surface area contributed by atoms with Gasteiger partial charge in [-0.05, 0) is 19.1 Å². The number of hydrogen-bond donors (Lipinski definition) is 0. The van der Waals surface area contributed by atoms with Crippen LogP contribution in [0.4, 0.5) is 4.39 Å². The van der Waals surface area contributed by atoms with E-state index in [-0.39, 0.29) is 11.3 Å². The summed E-state index contributed by atoms with van der Waals surface area (Å²) in [6.07, 6.45) is 1.03. The summed E-state index contributed by atoms with van der Waals surface area (Å²) in [5, 5.41) is 9.97. The maximum atomic E-state index is 12.2. The van der Waals surface area contributed by atoms with Gasteiger partial charge in [-0.1, -0.05) is 6.58 Å². The van der Waals surface area contributed by atoms with E-state index in [0.29, 0.717) is 0 Å². The lowest BCUT2D eigenvalue weighted by atomic mass is 10.2. The van der Waals surface area contributed by atoms with E-state index < -0.39 is 10.8 Å². The summed E-state index contributed by atoms with van der Waals surface area (Å²) in [5.74, 6) is -0.687. The van der Waals surface area contributed by atoms with Crippen molar-refractivity contribution in [2.75, 3.05) is 0 Å². The minimum Gasteiger partial charge on any atom is -0.258 e. The van der Waals surface area contributed by atoms with Crippen molar-refractivity contribution >= 4 is 0 Å². The topological polar surface area (TPSA) is 43.1 Å². The summed E-state index contributed by atoms with van der Waals surface area (Å²) in [4.78, 5) is 9.28. The Kier molecular flexibility index (Phi) is 3.17. The van der Waals surface area contributed by atoms with Crippen LogP contribution in [0.15, 0.2) is 36.3 Å². The van der Waals surface area contributed by atoms with E-state index in [1.54, 1.807) is 0 Å². The highest BCUT2D eigenvalue weighted by Gasteiger charge is 2.03. The Morgan fingerprint density at radius 3 is 2.36 bits per heavy atom. The molecule has 3 nitrogen and oxygen atoms in total. The molecular weight excluding hydrogens is 149 g/mol. The summed E-state index contributed by atoms with van der Waals surface area (Å²) >= 11 is 0. The number of halogens is 1. The van der Waals surface area contributed by atoms with Crippen molar-refractivity contribution in [3.8, 4) is 0 Å². The van der Waals surface area contributed by atoms with Crippen LogP contribution in [0, 0.1) is 10.1 Å². The molecule has 0 atom stereocenters. The molecule has 0 aliphatic heterocycles. The summed E-state index contributed by atoms with van der Waals surface area (Å²) in [7, 11) is 0. The van der Waals surface area contributed by atoms with Crippen LogP contribution in [-0.2, 0) is 0 Å². The Labute approximate surface area is 63.7 Å². The minimum atomic E-state index is -0.688. The van der Waals surface area contributed by atoms with Crippen molar-refractivity contribution < 1.29 is 9.31 Å². The van der Waals surface area contributed by atoms with Gasteiger partial charge in [0.1, 0.15) is 5.83 Å². The molecule has 0 unspecified atom stereocenters. The van der Waals surface area contributed by atoms with Crippen molar-refractivity contribution in [3.63, 3.8) is 0 Å². The first kappa shape index (κ1) is 9.55. The van der Waals surface area contributed by atoms with Gasteiger partial charge in [0, 0.05) is 6.08 Å². The standard InChI is InChI=1S/C7H8FNO2/c1-5(7(3)8)4-6(2)9(10)11/h4H,2-3H2,1H3/b5-4-. The zero-order chi connectivity index (χ0) is 9.02. The minimum absolute atomic E-state index is 0.117. The molecule has 0 aliphatic rings. The van der Waals surface area contributed by atoms with Gasteiger partial charge in [0.05, 0.1) is 4.92 Å². The monoisotopic (exact) mass is 157 g/mol. The van der Waals surface area contributed by atoms with E-state index in [2.05, 4.69) is 13.2 Å². The molecule has 0 saturated heterocycles. The van der Waals surface area contributed by atoms with Crippen molar-refractivity contribution in [1.82, 2.24) is 0 Å². The van der Waals surface area contributed by atoms with Crippen molar-refractivity contribution in [3.05, 3.63) is 46.4 Å². The van der Waals surface area contributed by atoms with Crippen LogP contribution in [-0.4, -0.2) is 4.92 Å². The molecule has 60 valence electrons. The van der Waals surface area contributed by atoms with Gasteiger partial charge in [-0.25, -0.2) is 4.39 Å². The first-order valence-electron chi connectivity index (χ1n) is 2.81. The SMILES string of the molecule is C=C(F)/C(C)=C\C(=C)[N+](=O)[O-]. The Balaban J connectivity index is 4.44. The Hall–Kier alpha value is -1.45. The molecule has 0 amide bonds. The van der Waals surface area contributed by atoms with Crippen LogP contribution in [0.5, 0.6) is 0 Å². The molecule has 11 heavy (non-hydrogen) atoms. The van der Waals surface area contributed by atoms with Crippen LogP contribution in [0.3, 0.4) is 0 Å². The number of allylic oxidation sites excluding steroid dienone is 3. The Bertz CT molecular complexity index is 243. The average Bonchev–Trinajstić information content (AvgIpc) is 1.87. The van der Waals surface area contributed by atoms with E-state index in [1.807, 2.05) is 0 Å². The summed E-state index contributed by atoms with van der Waals surface area (Å²) < 4.78 is 12.2. The molecule has 0 heterocycles. The lowest BCUT2D eigenvalue weighted by molar-refractivity contribution is -0.418. The van der Waals surface area contributed by atoms with Crippen LogP contribution in [0.25, 0.3) is 0 Å². The summed E-state index contributed by atoms with van der Waals surface area (Å²) in [6, 6.07) is 0.